The summed E-state index contributed by atoms with van der Waals surface area (Å²) in [4.78, 5) is 20.1. The molecule has 96 valence electrons. The molecule has 0 atom stereocenters. The molecular weight excluding hydrogens is 236 g/mol. The molecule has 1 N–H and O–H groups in total. The number of carbonyl (C=O) groups is 2. The zero-order valence-electron chi connectivity index (χ0n) is 9.96. The van der Waals surface area contributed by atoms with E-state index in [1.165, 1.54) is 7.11 Å². The van der Waals surface area contributed by atoms with Crippen molar-refractivity contribution in [1.82, 2.24) is 0 Å². The highest BCUT2D eigenvalue weighted by Gasteiger charge is 2.07. The first kappa shape index (κ1) is 15.4. The maximum absolute atomic E-state index is 10.9. The highest BCUT2D eigenvalue weighted by molar-refractivity contribution is 5.85. The second-order valence-corrected chi connectivity index (χ2v) is 2.87. The van der Waals surface area contributed by atoms with E-state index in [1.54, 1.807) is 24.3 Å². The van der Waals surface area contributed by atoms with Crippen molar-refractivity contribution in [2.75, 3.05) is 7.11 Å². The first-order valence-electron chi connectivity index (χ1n) is 4.86. The molecule has 0 aliphatic carbocycles. The molecule has 0 aromatic heterocycles. The topological polar surface area (TPSA) is 72.8 Å². The molecule has 0 heterocycles. The van der Waals surface area contributed by atoms with Crippen molar-refractivity contribution in [3.63, 3.8) is 0 Å². The van der Waals surface area contributed by atoms with Crippen molar-refractivity contribution in [3.05, 3.63) is 55.3 Å². The van der Waals surface area contributed by atoms with Crippen LogP contribution in [0.3, 0.4) is 0 Å². The van der Waals surface area contributed by atoms with Crippen LogP contribution in [0.25, 0.3) is 0 Å². The third kappa shape index (κ3) is 6.84. The van der Waals surface area contributed by atoms with Gasteiger partial charge in [-0.15, -0.1) is 0 Å². The fourth-order valence-corrected chi connectivity index (χ4v) is 0.786. The Labute approximate surface area is 105 Å². The Hall–Kier alpha value is -2.56. The van der Waals surface area contributed by atoms with E-state index < -0.39 is 11.9 Å². The number of hydrogen-bond acceptors (Lipinski definition) is 4. The van der Waals surface area contributed by atoms with Crippen molar-refractivity contribution < 1.29 is 24.2 Å². The molecule has 18 heavy (non-hydrogen) atoms. The lowest BCUT2D eigenvalue weighted by atomic mass is 10.3. The number of carboxylic acids is 1. The van der Waals surface area contributed by atoms with Crippen LogP contribution in [0, 0.1) is 0 Å². The van der Waals surface area contributed by atoms with E-state index in [-0.39, 0.29) is 5.76 Å². The van der Waals surface area contributed by atoms with E-state index in [2.05, 4.69) is 17.9 Å². The van der Waals surface area contributed by atoms with Gasteiger partial charge < -0.3 is 14.6 Å². The average Bonchev–Trinajstić information content (AvgIpc) is 2.39. The van der Waals surface area contributed by atoms with Crippen LogP contribution in [0.1, 0.15) is 0 Å². The van der Waals surface area contributed by atoms with Gasteiger partial charge in [0.25, 0.3) is 0 Å². The third-order valence-electron chi connectivity index (χ3n) is 1.57. The summed E-state index contributed by atoms with van der Waals surface area (Å²) in [6.07, 6.45) is 0.833. The molecular formula is C13H14O5. The quantitative estimate of drug-likeness (QED) is 0.502. The predicted octanol–water partition coefficient (Wildman–Crippen LogP) is 2.01. The summed E-state index contributed by atoms with van der Waals surface area (Å²) in [6, 6.07) is 8.93. The smallest absolute Gasteiger partial charge is 0.373 e. The fraction of sp³-hybridized carbons (Fsp3) is 0.0769. The van der Waals surface area contributed by atoms with Crippen LogP contribution in [0.4, 0.5) is 0 Å². The van der Waals surface area contributed by atoms with Gasteiger partial charge in [0, 0.05) is 6.08 Å². The Balaban J connectivity index is 0.000000494. The summed E-state index contributed by atoms with van der Waals surface area (Å²) >= 11 is 0. The van der Waals surface area contributed by atoms with Gasteiger partial charge in [0.05, 0.1) is 7.11 Å². The second kappa shape index (κ2) is 8.58. The monoisotopic (exact) mass is 250 g/mol. The molecule has 0 bridgehead atoms. The van der Waals surface area contributed by atoms with Gasteiger partial charge in [0.1, 0.15) is 5.75 Å². The summed E-state index contributed by atoms with van der Waals surface area (Å²) in [5.41, 5.74) is 0. The lowest BCUT2D eigenvalue weighted by molar-refractivity contribution is -0.138. The summed E-state index contributed by atoms with van der Waals surface area (Å²) in [6.45, 7) is 6.38. The summed E-state index contributed by atoms with van der Waals surface area (Å²) < 4.78 is 9.52. The van der Waals surface area contributed by atoms with Gasteiger partial charge in [-0.3, -0.25) is 0 Å². The minimum atomic E-state index is -0.981. The fourth-order valence-electron chi connectivity index (χ4n) is 0.786. The number of carbonyl (C=O) groups excluding carboxylic acids is 1. The molecule has 1 aromatic rings. The van der Waals surface area contributed by atoms with Gasteiger partial charge in [-0.1, -0.05) is 24.8 Å². The molecule has 0 aliphatic heterocycles. The van der Waals surface area contributed by atoms with Gasteiger partial charge >= 0.3 is 11.9 Å². The summed E-state index contributed by atoms with van der Waals surface area (Å²) in [5, 5.41) is 7.60. The van der Waals surface area contributed by atoms with E-state index in [4.69, 9.17) is 9.84 Å². The van der Waals surface area contributed by atoms with Crippen LogP contribution in [0.2, 0.25) is 0 Å². The molecule has 0 amide bonds. The Morgan fingerprint density at radius 2 is 1.78 bits per heavy atom. The number of hydrogen-bond donors (Lipinski definition) is 1. The van der Waals surface area contributed by atoms with Gasteiger partial charge in [-0.2, -0.15) is 0 Å². The molecule has 5 nitrogen and oxygen atoms in total. The maximum atomic E-state index is 10.9. The maximum Gasteiger partial charge on any atom is 0.373 e. The molecule has 0 radical (unpaired) electrons. The Morgan fingerprint density at radius 3 is 2.17 bits per heavy atom. The molecule has 5 heteroatoms. The largest absolute Gasteiger partial charge is 0.478 e. The Kier molecular flexibility index (Phi) is 7.36. The summed E-state index contributed by atoms with van der Waals surface area (Å²) in [5.74, 6) is -1.000. The van der Waals surface area contributed by atoms with Crippen LogP contribution >= 0.6 is 0 Å². The first-order chi connectivity index (χ1) is 8.51. The predicted molar refractivity (Wildman–Crippen MR) is 66.1 cm³/mol. The lowest BCUT2D eigenvalue weighted by Gasteiger charge is -2.05. The number of aliphatic carboxylic acids is 1. The van der Waals surface area contributed by atoms with E-state index in [0.717, 1.165) is 6.08 Å². The molecule has 0 spiro atoms. The Morgan fingerprint density at radius 1 is 1.28 bits per heavy atom. The number of benzene rings is 1. The minimum absolute atomic E-state index is 0.0197. The van der Waals surface area contributed by atoms with Crippen molar-refractivity contribution >= 4 is 11.9 Å². The van der Waals surface area contributed by atoms with Crippen molar-refractivity contribution in [2.45, 2.75) is 0 Å². The number of methoxy groups -OCH3 is 1. The zero-order valence-corrected chi connectivity index (χ0v) is 9.96. The van der Waals surface area contributed by atoms with Crippen LogP contribution in [0.5, 0.6) is 5.75 Å². The SMILES string of the molecule is C=C(Oc1ccccc1)C(=O)OC.C=CC(=O)O. The number of carboxylic acid groups (broad SMARTS) is 1. The average molecular weight is 250 g/mol. The number of para-hydroxylation sites is 1. The van der Waals surface area contributed by atoms with Gasteiger partial charge in [-0.05, 0) is 18.7 Å². The highest BCUT2D eigenvalue weighted by atomic mass is 16.6. The number of rotatable bonds is 4. The molecule has 0 fully saturated rings. The lowest BCUT2D eigenvalue weighted by Crippen LogP contribution is -2.08. The third-order valence-corrected chi connectivity index (χ3v) is 1.57. The highest BCUT2D eigenvalue weighted by Crippen LogP contribution is 2.11. The van der Waals surface area contributed by atoms with Crippen molar-refractivity contribution in [2.24, 2.45) is 0 Å². The summed E-state index contributed by atoms with van der Waals surface area (Å²) in [7, 11) is 1.28. The van der Waals surface area contributed by atoms with Gasteiger partial charge in [0.2, 0.25) is 5.76 Å². The number of ether oxygens (including phenoxy) is 2. The first-order valence-corrected chi connectivity index (χ1v) is 4.86. The molecule has 1 aromatic carbocycles. The minimum Gasteiger partial charge on any atom is -0.478 e. The van der Waals surface area contributed by atoms with Gasteiger partial charge in [0.15, 0.2) is 0 Å². The van der Waals surface area contributed by atoms with Crippen LogP contribution in [-0.2, 0) is 14.3 Å². The van der Waals surface area contributed by atoms with E-state index in [1.807, 2.05) is 6.07 Å². The standard InChI is InChI=1S/C10H10O3.C3H4O2/c1-8(10(11)12-2)13-9-6-4-3-5-7-9;1-2-3(4)5/h3-7H,1H2,2H3;2H,1H2,(H,4,5). The normalized spacial score (nSPS) is 8.28. The molecule has 0 unspecified atom stereocenters. The molecule has 0 saturated carbocycles. The van der Waals surface area contributed by atoms with E-state index >= 15 is 0 Å². The molecule has 0 aliphatic rings. The van der Waals surface area contributed by atoms with E-state index in [9.17, 15) is 9.59 Å². The number of esters is 1. The van der Waals surface area contributed by atoms with Crippen molar-refractivity contribution in [1.29, 1.82) is 0 Å². The molecule has 1 rings (SSSR count). The van der Waals surface area contributed by atoms with Crippen LogP contribution < -0.4 is 4.74 Å². The van der Waals surface area contributed by atoms with Crippen LogP contribution in [-0.4, -0.2) is 24.2 Å². The van der Waals surface area contributed by atoms with Crippen molar-refractivity contribution in [3.8, 4) is 5.75 Å². The Bertz CT molecular complexity index is 422. The zero-order chi connectivity index (χ0) is 14.0. The second-order valence-electron chi connectivity index (χ2n) is 2.87. The molecule has 0 saturated heterocycles. The van der Waals surface area contributed by atoms with E-state index in [0.29, 0.717) is 5.75 Å². The van der Waals surface area contributed by atoms with Crippen LogP contribution in [0.15, 0.2) is 55.3 Å². The van der Waals surface area contributed by atoms with Gasteiger partial charge in [-0.25, -0.2) is 9.59 Å².